The molecule has 0 aromatic rings. The average Bonchev–Trinajstić information content (AvgIpc) is 2.33. The van der Waals surface area contributed by atoms with Gasteiger partial charge in [-0.1, -0.05) is 36.2 Å². The van der Waals surface area contributed by atoms with E-state index in [1.165, 1.54) is 12.8 Å². The summed E-state index contributed by atoms with van der Waals surface area (Å²) >= 11 is 0. The quantitative estimate of drug-likeness (QED) is 0.614. The van der Waals surface area contributed by atoms with Crippen molar-refractivity contribution in [2.24, 2.45) is 0 Å². The van der Waals surface area contributed by atoms with Gasteiger partial charge >= 0.3 is 0 Å². The Morgan fingerprint density at radius 1 is 1.30 bits per heavy atom. The lowest BCUT2D eigenvalue weighted by Crippen LogP contribution is -1.88. The Bertz CT molecular complexity index is 149. The van der Waals surface area contributed by atoms with Crippen molar-refractivity contribution in [3.05, 3.63) is 23.0 Å². The topological polar surface area (TPSA) is 0 Å². The number of halogens is 1. The lowest BCUT2D eigenvalue weighted by Gasteiger charge is -2.21. The van der Waals surface area contributed by atoms with Crippen molar-refractivity contribution in [2.45, 2.75) is 19.8 Å². The molecule has 0 spiro atoms. The Kier molecular flexibility index (Phi) is 2.87. The number of allylic oxidation sites excluding steroid dienone is 2. The molecule has 0 aliphatic carbocycles. The molecule has 0 saturated carbocycles. The molecule has 0 N–H and O–H groups in total. The van der Waals surface area contributed by atoms with Crippen molar-refractivity contribution in [2.75, 3.05) is 5.75 Å². The summed E-state index contributed by atoms with van der Waals surface area (Å²) in [5.74, 6) is 1.15. The molecular formula is C8H13ClS. The first-order valence-corrected chi connectivity index (χ1v) is 6.38. The zero-order chi connectivity index (χ0) is 7.45. The van der Waals surface area contributed by atoms with Gasteiger partial charge < -0.3 is 0 Å². The van der Waals surface area contributed by atoms with E-state index in [9.17, 15) is 0 Å². The van der Waals surface area contributed by atoms with Crippen molar-refractivity contribution in [3.63, 3.8) is 0 Å². The molecule has 1 rings (SSSR count). The van der Waals surface area contributed by atoms with E-state index in [0.29, 0.717) is 0 Å². The molecule has 1 aliphatic heterocycles. The van der Waals surface area contributed by atoms with Crippen molar-refractivity contribution in [1.82, 2.24) is 0 Å². The molecule has 0 nitrogen and oxygen atoms in total. The van der Waals surface area contributed by atoms with Crippen LogP contribution in [0.3, 0.4) is 0 Å². The number of rotatable bonds is 3. The van der Waals surface area contributed by atoms with Crippen LogP contribution in [-0.4, -0.2) is 5.75 Å². The maximum Gasteiger partial charge on any atom is -0.00294 e. The van der Waals surface area contributed by atoms with Crippen LogP contribution in [0.5, 0.6) is 0 Å². The van der Waals surface area contributed by atoms with Gasteiger partial charge in [0, 0.05) is 0 Å². The Morgan fingerprint density at radius 2 is 1.90 bits per heavy atom. The molecule has 0 bridgehead atoms. The smallest absolute Gasteiger partial charge is 0.00294 e. The van der Waals surface area contributed by atoms with Gasteiger partial charge in [0.25, 0.3) is 0 Å². The molecule has 2 heteroatoms. The number of hydrogen-bond acceptors (Lipinski definition) is 0. The number of unbranched alkanes of at least 4 members (excludes halogenated alkanes) is 1. The predicted octanol–water partition coefficient (Wildman–Crippen LogP) is 3.79. The maximum atomic E-state index is 6.26. The molecule has 10 heavy (non-hydrogen) atoms. The minimum atomic E-state index is -0.955. The van der Waals surface area contributed by atoms with Crippen molar-refractivity contribution >= 4 is 19.9 Å². The lowest BCUT2D eigenvalue weighted by molar-refractivity contribution is 0.895. The van der Waals surface area contributed by atoms with Crippen LogP contribution >= 0.6 is 19.9 Å². The highest BCUT2D eigenvalue weighted by Gasteiger charge is 2.14. The van der Waals surface area contributed by atoms with E-state index in [1.807, 2.05) is 0 Å². The molecule has 1 heterocycles. The Morgan fingerprint density at radius 3 is 2.40 bits per heavy atom. The molecule has 0 radical (unpaired) electrons. The third-order valence-corrected chi connectivity index (χ3v) is 4.75. The molecule has 0 saturated heterocycles. The summed E-state index contributed by atoms with van der Waals surface area (Å²) in [5, 5.41) is 4.29. The molecule has 0 aromatic heterocycles. The maximum absolute atomic E-state index is 6.26. The molecular weight excluding hydrogens is 164 g/mol. The van der Waals surface area contributed by atoms with Crippen LogP contribution in [-0.2, 0) is 0 Å². The summed E-state index contributed by atoms with van der Waals surface area (Å²) in [4.78, 5) is 0. The van der Waals surface area contributed by atoms with Crippen LogP contribution < -0.4 is 0 Å². The molecule has 58 valence electrons. The van der Waals surface area contributed by atoms with Crippen LogP contribution in [0.15, 0.2) is 23.0 Å². The van der Waals surface area contributed by atoms with Crippen LogP contribution in [0.1, 0.15) is 19.8 Å². The van der Waals surface area contributed by atoms with Crippen molar-refractivity contribution in [3.8, 4) is 0 Å². The van der Waals surface area contributed by atoms with Gasteiger partial charge in [-0.25, -0.2) is 0 Å². The van der Waals surface area contributed by atoms with Gasteiger partial charge in [-0.05, 0) is 23.0 Å². The van der Waals surface area contributed by atoms with E-state index in [2.05, 4.69) is 29.9 Å². The highest BCUT2D eigenvalue weighted by Crippen LogP contribution is 2.58. The largest absolute Gasteiger partial charge is 0.122 e. The zero-order valence-electron chi connectivity index (χ0n) is 6.22. The van der Waals surface area contributed by atoms with E-state index in [4.69, 9.17) is 10.7 Å². The number of hydrogen-bond donors (Lipinski definition) is 0. The second-order valence-electron chi connectivity index (χ2n) is 2.47. The zero-order valence-corrected chi connectivity index (χ0v) is 7.79. The van der Waals surface area contributed by atoms with Crippen molar-refractivity contribution < 1.29 is 0 Å². The fraction of sp³-hybridized carbons (Fsp3) is 0.500. The van der Waals surface area contributed by atoms with Crippen LogP contribution in [0.25, 0.3) is 0 Å². The van der Waals surface area contributed by atoms with Gasteiger partial charge in [-0.15, -0.1) is 9.24 Å². The van der Waals surface area contributed by atoms with E-state index in [-0.39, 0.29) is 0 Å². The van der Waals surface area contributed by atoms with Crippen LogP contribution in [0.2, 0.25) is 0 Å². The lowest BCUT2D eigenvalue weighted by atomic mass is 10.4. The highest BCUT2D eigenvalue weighted by molar-refractivity contribution is 8.55. The summed E-state index contributed by atoms with van der Waals surface area (Å²) in [7, 11) is 5.30. The van der Waals surface area contributed by atoms with E-state index in [1.54, 1.807) is 0 Å². The third-order valence-electron chi connectivity index (χ3n) is 1.53. The fourth-order valence-corrected chi connectivity index (χ4v) is 3.38. The second-order valence-corrected chi connectivity index (χ2v) is 6.66. The van der Waals surface area contributed by atoms with Crippen molar-refractivity contribution in [1.29, 1.82) is 0 Å². The van der Waals surface area contributed by atoms with Gasteiger partial charge in [-0.2, -0.15) is 0 Å². The van der Waals surface area contributed by atoms with E-state index < -0.39 is 9.24 Å². The second kappa shape index (κ2) is 3.49. The third kappa shape index (κ3) is 2.06. The molecule has 0 fully saturated rings. The molecule has 0 atom stereocenters. The van der Waals surface area contributed by atoms with E-state index >= 15 is 0 Å². The molecule has 0 aromatic carbocycles. The summed E-state index contributed by atoms with van der Waals surface area (Å²) in [6, 6.07) is 0. The van der Waals surface area contributed by atoms with Gasteiger partial charge in [0.1, 0.15) is 0 Å². The minimum absolute atomic E-state index is 0.955. The molecule has 0 amide bonds. The highest BCUT2D eigenvalue weighted by atomic mass is 35.7. The van der Waals surface area contributed by atoms with Crippen LogP contribution in [0, 0.1) is 0 Å². The van der Waals surface area contributed by atoms with Crippen LogP contribution in [0.4, 0.5) is 0 Å². The SMILES string of the molecule is CCCCS1(Cl)C=CC=C1. The minimum Gasteiger partial charge on any atom is -0.122 e. The molecule has 1 aliphatic rings. The van der Waals surface area contributed by atoms with Gasteiger partial charge in [-0.3, -0.25) is 0 Å². The summed E-state index contributed by atoms with van der Waals surface area (Å²) in [5.41, 5.74) is 0. The first-order chi connectivity index (χ1) is 4.77. The Hall–Kier alpha value is 0.120. The standard InChI is InChI=1S/C8H13ClS/c1-2-3-6-10(9)7-4-5-8-10/h4-5,7-8H,2-3,6H2,1H3. The average molecular weight is 177 g/mol. The Labute approximate surface area is 68.8 Å². The first-order valence-electron chi connectivity index (χ1n) is 3.62. The van der Waals surface area contributed by atoms with Gasteiger partial charge in [0.15, 0.2) is 0 Å². The van der Waals surface area contributed by atoms with Gasteiger partial charge in [0.05, 0.1) is 0 Å². The molecule has 0 unspecified atom stereocenters. The summed E-state index contributed by atoms with van der Waals surface area (Å²) in [6.45, 7) is 2.20. The summed E-state index contributed by atoms with van der Waals surface area (Å²) < 4.78 is 0. The predicted molar refractivity (Wildman–Crippen MR) is 51.5 cm³/mol. The monoisotopic (exact) mass is 176 g/mol. The normalized spacial score (nSPS) is 23.4. The van der Waals surface area contributed by atoms with Gasteiger partial charge in [0.2, 0.25) is 0 Å². The fourth-order valence-electron chi connectivity index (χ4n) is 0.899. The summed E-state index contributed by atoms with van der Waals surface area (Å²) in [6.07, 6.45) is 6.59. The Balaban J connectivity index is 2.38. The first kappa shape index (κ1) is 8.22. The van der Waals surface area contributed by atoms with E-state index in [0.717, 1.165) is 5.75 Å².